The van der Waals surface area contributed by atoms with Crippen LogP contribution in [0.15, 0.2) is 58.5 Å². The number of carbonyl (C=O) groups excluding carboxylic acids is 1. The number of nitrogens with zero attached hydrogens (tertiary/aromatic N) is 1. The Kier molecular flexibility index (Phi) is 6.22. The van der Waals surface area contributed by atoms with E-state index in [-0.39, 0.29) is 28.0 Å². The second-order valence-corrected chi connectivity index (χ2v) is 12.7. The highest BCUT2D eigenvalue weighted by atomic mass is 32.2. The van der Waals surface area contributed by atoms with Crippen molar-refractivity contribution in [1.29, 1.82) is 0 Å². The Bertz CT molecular complexity index is 1340. The van der Waals surface area contributed by atoms with Crippen molar-refractivity contribution in [2.24, 2.45) is 0 Å². The van der Waals surface area contributed by atoms with E-state index in [0.29, 0.717) is 0 Å². The lowest BCUT2D eigenvalue weighted by Gasteiger charge is -2.24. The van der Waals surface area contributed by atoms with Gasteiger partial charge in [0.25, 0.3) is 15.9 Å². The van der Waals surface area contributed by atoms with E-state index < -0.39 is 37.5 Å². The number of carbonyl (C=O) groups is 1. The van der Waals surface area contributed by atoms with Gasteiger partial charge in [0, 0.05) is 11.8 Å². The van der Waals surface area contributed by atoms with Crippen LogP contribution < -0.4 is 15.7 Å². The quantitative estimate of drug-likeness (QED) is 0.335. The average Bonchev–Trinajstić information content (AvgIpc) is 3.34. The summed E-state index contributed by atoms with van der Waals surface area (Å²) in [6.45, 7) is 3.19. The Morgan fingerprint density at radius 3 is 2.52 bits per heavy atom. The number of benzene rings is 2. The number of hydrazine groups is 1. The van der Waals surface area contributed by atoms with E-state index in [1.54, 1.807) is 32.0 Å². The highest BCUT2D eigenvalue weighted by molar-refractivity contribution is 7.93. The topological polar surface area (TPSA) is 134 Å². The van der Waals surface area contributed by atoms with Crippen LogP contribution in [0, 0.1) is 0 Å². The molecule has 2 aromatic carbocycles. The van der Waals surface area contributed by atoms with E-state index >= 15 is 0 Å². The van der Waals surface area contributed by atoms with Crippen molar-refractivity contribution in [3.8, 4) is 0 Å². The normalized spacial score (nSPS) is 23.3. The van der Waals surface area contributed by atoms with Gasteiger partial charge in [0.2, 0.25) is 10.0 Å². The van der Waals surface area contributed by atoms with Gasteiger partial charge < -0.3 is 4.84 Å². The van der Waals surface area contributed by atoms with Gasteiger partial charge in [-0.25, -0.2) is 16.8 Å². The predicted octanol–water partition coefficient (Wildman–Crippen LogP) is 1.01. The minimum Gasteiger partial charge on any atom is -0.415 e. The van der Waals surface area contributed by atoms with Gasteiger partial charge in [-0.1, -0.05) is 30.3 Å². The van der Waals surface area contributed by atoms with E-state index in [1.807, 2.05) is 23.0 Å². The molecule has 2 heterocycles. The van der Waals surface area contributed by atoms with E-state index in [0.717, 1.165) is 21.3 Å². The summed E-state index contributed by atoms with van der Waals surface area (Å²) in [5.74, 6) is -0.801. The summed E-state index contributed by atoms with van der Waals surface area (Å²) >= 11 is 4.37. The lowest BCUT2D eigenvalue weighted by molar-refractivity contribution is -0.124. The molecule has 10 nitrogen and oxygen atoms in total. The standard InChI is InChI=1S/C20H24N4O6S3/c1-20(2)18(12-30-22-20)32(26,27)23-21-19(25)17-10-15(31)11-24(17)33(28,29)16-8-7-13-5-3-4-6-14(13)9-16/h3-9,12,15,17,22-23,31H,10-11H2,1-2H3,(H,21,25)/t15-,17+/m1/s1. The Balaban J connectivity index is 1.55. The molecule has 0 spiro atoms. The van der Waals surface area contributed by atoms with Crippen molar-refractivity contribution in [2.75, 3.05) is 6.54 Å². The number of fused-ring (bicyclic) bond motifs is 1. The zero-order valence-corrected chi connectivity index (χ0v) is 20.4. The first-order valence-electron chi connectivity index (χ1n) is 10.1. The molecule has 1 amide bonds. The number of hydrogen-bond donors (Lipinski definition) is 4. The van der Waals surface area contributed by atoms with Crippen LogP contribution in [-0.2, 0) is 29.7 Å². The first-order chi connectivity index (χ1) is 15.4. The molecule has 2 aliphatic rings. The Morgan fingerprint density at radius 1 is 1.15 bits per heavy atom. The molecule has 1 fully saturated rings. The van der Waals surface area contributed by atoms with Crippen LogP contribution in [0.1, 0.15) is 20.3 Å². The lowest BCUT2D eigenvalue weighted by atomic mass is 10.1. The summed E-state index contributed by atoms with van der Waals surface area (Å²) in [6.07, 6.45) is 1.16. The molecule has 3 N–H and O–H groups in total. The van der Waals surface area contributed by atoms with E-state index in [9.17, 15) is 21.6 Å². The van der Waals surface area contributed by atoms with Gasteiger partial charge in [-0.3, -0.25) is 10.2 Å². The molecule has 0 unspecified atom stereocenters. The van der Waals surface area contributed by atoms with Crippen LogP contribution in [0.3, 0.4) is 0 Å². The fraction of sp³-hybridized carbons (Fsp3) is 0.350. The third-order valence-electron chi connectivity index (χ3n) is 5.56. The summed E-state index contributed by atoms with van der Waals surface area (Å²) in [6, 6.07) is 10.9. The van der Waals surface area contributed by atoms with Crippen LogP contribution in [0.5, 0.6) is 0 Å². The molecule has 0 bridgehead atoms. The van der Waals surface area contributed by atoms with Crippen LogP contribution in [0.4, 0.5) is 0 Å². The zero-order chi connectivity index (χ0) is 24.0. The van der Waals surface area contributed by atoms with Crippen molar-refractivity contribution in [3.05, 3.63) is 53.6 Å². The molecule has 0 aromatic heterocycles. The third-order valence-corrected chi connectivity index (χ3v) is 9.36. The molecule has 0 aliphatic carbocycles. The lowest BCUT2D eigenvalue weighted by Crippen LogP contribution is -2.52. The molecule has 33 heavy (non-hydrogen) atoms. The van der Waals surface area contributed by atoms with E-state index in [4.69, 9.17) is 4.84 Å². The summed E-state index contributed by atoms with van der Waals surface area (Å²) in [7, 11) is -8.17. The number of hydroxylamine groups is 1. The number of amides is 1. The molecule has 13 heteroatoms. The molecule has 178 valence electrons. The number of rotatable bonds is 6. The fourth-order valence-corrected chi connectivity index (χ4v) is 7.23. The van der Waals surface area contributed by atoms with Crippen molar-refractivity contribution >= 4 is 49.4 Å². The second kappa shape index (κ2) is 8.56. The van der Waals surface area contributed by atoms with E-state index in [1.165, 1.54) is 6.07 Å². The van der Waals surface area contributed by atoms with Crippen molar-refractivity contribution in [1.82, 2.24) is 20.0 Å². The van der Waals surface area contributed by atoms with Crippen LogP contribution in [-0.4, -0.2) is 50.4 Å². The Hall–Kier alpha value is -2.16. The molecule has 4 rings (SSSR count). The van der Waals surface area contributed by atoms with Crippen LogP contribution in [0.25, 0.3) is 10.8 Å². The molecular weight excluding hydrogens is 488 g/mol. The summed E-state index contributed by atoms with van der Waals surface area (Å²) in [5.41, 5.74) is 3.67. The van der Waals surface area contributed by atoms with Gasteiger partial charge in [-0.05, 0) is 43.2 Å². The van der Waals surface area contributed by atoms with Gasteiger partial charge in [0.05, 0.1) is 10.4 Å². The van der Waals surface area contributed by atoms with Crippen LogP contribution in [0.2, 0.25) is 0 Å². The minimum atomic E-state index is -4.13. The highest BCUT2D eigenvalue weighted by Crippen LogP contribution is 2.30. The summed E-state index contributed by atoms with van der Waals surface area (Å²) in [4.78, 5) is 19.7. The highest BCUT2D eigenvalue weighted by Gasteiger charge is 2.44. The van der Waals surface area contributed by atoms with Crippen LogP contribution >= 0.6 is 12.6 Å². The summed E-state index contributed by atoms with van der Waals surface area (Å²) < 4.78 is 53.0. The largest absolute Gasteiger partial charge is 0.415 e. The molecule has 2 atom stereocenters. The number of sulfonamides is 2. The molecule has 2 aliphatic heterocycles. The van der Waals surface area contributed by atoms with Gasteiger partial charge in [-0.2, -0.15) is 16.9 Å². The fourth-order valence-electron chi connectivity index (χ4n) is 3.83. The first kappa shape index (κ1) is 24.0. The van der Waals surface area contributed by atoms with Crippen molar-refractivity contribution < 1.29 is 26.5 Å². The number of hydrogen-bond acceptors (Lipinski definition) is 8. The third kappa shape index (κ3) is 4.61. The van der Waals surface area contributed by atoms with Crippen molar-refractivity contribution in [2.45, 2.75) is 42.0 Å². The Labute approximate surface area is 197 Å². The maximum absolute atomic E-state index is 13.4. The minimum absolute atomic E-state index is 0.0129. The molecule has 0 radical (unpaired) electrons. The number of thiol groups is 1. The molecule has 2 aromatic rings. The van der Waals surface area contributed by atoms with Gasteiger partial charge in [0.15, 0.2) is 0 Å². The monoisotopic (exact) mass is 512 g/mol. The summed E-state index contributed by atoms with van der Waals surface area (Å²) in [5, 5.41) is 1.25. The maximum atomic E-state index is 13.4. The van der Waals surface area contributed by atoms with E-state index in [2.05, 4.69) is 23.5 Å². The molecule has 0 saturated carbocycles. The average molecular weight is 513 g/mol. The van der Waals surface area contributed by atoms with Gasteiger partial charge in [0.1, 0.15) is 17.2 Å². The van der Waals surface area contributed by atoms with Gasteiger partial charge >= 0.3 is 0 Å². The first-order valence-corrected chi connectivity index (χ1v) is 13.5. The maximum Gasteiger partial charge on any atom is 0.258 e. The predicted molar refractivity (Wildman–Crippen MR) is 126 cm³/mol. The molecular formula is C20H24N4O6S3. The smallest absolute Gasteiger partial charge is 0.258 e. The Morgan fingerprint density at radius 2 is 1.85 bits per heavy atom. The number of nitrogens with one attached hydrogen (secondary N) is 3. The van der Waals surface area contributed by atoms with Gasteiger partial charge in [-0.15, -0.1) is 10.3 Å². The van der Waals surface area contributed by atoms with Crippen molar-refractivity contribution in [3.63, 3.8) is 0 Å². The second-order valence-electron chi connectivity index (χ2n) is 8.41. The zero-order valence-electron chi connectivity index (χ0n) is 17.8. The SMILES string of the molecule is CC1(C)NOC=C1S(=O)(=O)NNC(=O)[C@@H]1C[C@@H](S)CN1S(=O)(=O)c1ccc2ccccc2c1. The molecule has 1 saturated heterocycles.